The van der Waals surface area contributed by atoms with Crippen molar-refractivity contribution in [3.05, 3.63) is 23.7 Å². The van der Waals surface area contributed by atoms with Crippen molar-refractivity contribution in [2.45, 2.75) is 19.4 Å². The van der Waals surface area contributed by atoms with Crippen LogP contribution >= 0.6 is 0 Å². The molecule has 86 valence electrons. The molecular formula is C12H16N2O2. The van der Waals surface area contributed by atoms with Crippen molar-refractivity contribution in [2.75, 3.05) is 19.6 Å². The summed E-state index contributed by atoms with van der Waals surface area (Å²) in [5.41, 5.74) is 0.714. The zero-order chi connectivity index (χ0) is 11.1. The molecule has 0 aliphatic carbocycles. The molecular weight excluding hydrogens is 204 g/mol. The van der Waals surface area contributed by atoms with Crippen LogP contribution in [0, 0.1) is 12.8 Å². The molecule has 2 aliphatic rings. The van der Waals surface area contributed by atoms with Crippen molar-refractivity contribution in [1.82, 2.24) is 10.2 Å². The summed E-state index contributed by atoms with van der Waals surface area (Å²) in [6.45, 7) is 4.64. The number of likely N-dealkylation sites (tertiary alicyclic amines) is 1. The minimum Gasteiger partial charge on any atom is -0.469 e. The molecule has 0 saturated carbocycles. The van der Waals surface area contributed by atoms with Gasteiger partial charge in [-0.05, 0) is 19.4 Å². The molecule has 1 aromatic rings. The van der Waals surface area contributed by atoms with Crippen LogP contribution in [-0.2, 0) is 0 Å². The van der Waals surface area contributed by atoms with E-state index in [4.69, 9.17) is 4.42 Å². The Balaban J connectivity index is 1.73. The first-order valence-electron chi connectivity index (χ1n) is 5.82. The highest BCUT2D eigenvalue weighted by Gasteiger charge is 2.37. The number of aryl methyl sites for hydroxylation is 1. The molecule has 0 aromatic carbocycles. The second-order valence-corrected chi connectivity index (χ2v) is 4.71. The van der Waals surface area contributed by atoms with Crippen molar-refractivity contribution in [3.63, 3.8) is 0 Å². The number of amides is 1. The molecule has 0 bridgehead atoms. The topological polar surface area (TPSA) is 45.5 Å². The van der Waals surface area contributed by atoms with Gasteiger partial charge in [0.1, 0.15) is 5.76 Å². The maximum Gasteiger partial charge on any atom is 0.257 e. The minimum absolute atomic E-state index is 0.122. The standard InChI is InChI=1S/C12H16N2O2/c1-8-10(3-5-16-8)12(15)14-4-2-11-9(7-14)6-13-11/h3,5,9,11,13H,2,4,6-7H2,1H3. The maximum absolute atomic E-state index is 12.2. The van der Waals surface area contributed by atoms with Gasteiger partial charge in [-0.15, -0.1) is 0 Å². The van der Waals surface area contributed by atoms with Crippen LogP contribution in [0.3, 0.4) is 0 Å². The molecule has 0 radical (unpaired) electrons. The van der Waals surface area contributed by atoms with E-state index in [1.807, 2.05) is 11.8 Å². The Kier molecular flexibility index (Phi) is 2.24. The van der Waals surface area contributed by atoms with Gasteiger partial charge in [0.15, 0.2) is 0 Å². The van der Waals surface area contributed by atoms with Gasteiger partial charge < -0.3 is 14.6 Å². The normalized spacial score (nSPS) is 28.4. The molecule has 3 rings (SSSR count). The Morgan fingerprint density at radius 2 is 2.50 bits per heavy atom. The highest BCUT2D eigenvalue weighted by Crippen LogP contribution is 2.25. The molecule has 2 saturated heterocycles. The minimum atomic E-state index is 0.122. The largest absolute Gasteiger partial charge is 0.469 e. The van der Waals surface area contributed by atoms with E-state index in [0.717, 1.165) is 31.8 Å². The van der Waals surface area contributed by atoms with Crippen LogP contribution in [0.4, 0.5) is 0 Å². The van der Waals surface area contributed by atoms with Crippen LogP contribution in [0.25, 0.3) is 0 Å². The quantitative estimate of drug-likeness (QED) is 0.768. The molecule has 4 heteroatoms. The fourth-order valence-corrected chi connectivity index (χ4v) is 2.61. The van der Waals surface area contributed by atoms with E-state index in [-0.39, 0.29) is 5.91 Å². The number of carbonyl (C=O) groups excluding carboxylic acids is 1. The lowest BCUT2D eigenvalue weighted by Crippen LogP contribution is -2.62. The Bertz CT molecular complexity index is 413. The Morgan fingerprint density at radius 3 is 3.06 bits per heavy atom. The first kappa shape index (κ1) is 9.90. The molecule has 2 unspecified atom stereocenters. The molecule has 1 amide bonds. The summed E-state index contributed by atoms with van der Waals surface area (Å²) in [4.78, 5) is 14.2. The van der Waals surface area contributed by atoms with E-state index in [0.29, 0.717) is 17.5 Å². The van der Waals surface area contributed by atoms with Gasteiger partial charge in [0.25, 0.3) is 5.91 Å². The van der Waals surface area contributed by atoms with Gasteiger partial charge in [0.2, 0.25) is 0 Å². The number of fused-ring (bicyclic) bond motifs is 1. The fraction of sp³-hybridized carbons (Fsp3) is 0.583. The molecule has 3 heterocycles. The van der Waals surface area contributed by atoms with Crippen LogP contribution in [0.5, 0.6) is 0 Å². The van der Waals surface area contributed by atoms with Crippen molar-refractivity contribution >= 4 is 5.91 Å². The second-order valence-electron chi connectivity index (χ2n) is 4.71. The monoisotopic (exact) mass is 220 g/mol. The summed E-state index contributed by atoms with van der Waals surface area (Å²) in [5.74, 6) is 1.50. The number of hydrogen-bond acceptors (Lipinski definition) is 3. The van der Waals surface area contributed by atoms with Crippen LogP contribution in [0.2, 0.25) is 0 Å². The number of hydrogen-bond donors (Lipinski definition) is 1. The first-order valence-corrected chi connectivity index (χ1v) is 5.82. The van der Waals surface area contributed by atoms with Crippen molar-refractivity contribution in [3.8, 4) is 0 Å². The lowest BCUT2D eigenvalue weighted by atomic mass is 9.85. The van der Waals surface area contributed by atoms with Crippen molar-refractivity contribution in [1.29, 1.82) is 0 Å². The SMILES string of the molecule is Cc1occc1C(=O)N1CCC2NCC2C1. The van der Waals surface area contributed by atoms with Gasteiger partial charge in [-0.2, -0.15) is 0 Å². The molecule has 16 heavy (non-hydrogen) atoms. The van der Waals surface area contributed by atoms with Crippen LogP contribution < -0.4 is 5.32 Å². The molecule has 2 fully saturated rings. The number of rotatable bonds is 1. The van der Waals surface area contributed by atoms with Crippen LogP contribution in [0.15, 0.2) is 16.7 Å². The highest BCUT2D eigenvalue weighted by molar-refractivity contribution is 5.95. The first-order chi connectivity index (χ1) is 7.75. The number of nitrogens with one attached hydrogen (secondary N) is 1. The predicted molar refractivity (Wildman–Crippen MR) is 59.2 cm³/mol. The van der Waals surface area contributed by atoms with Gasteiger partial charge in [-0.3, -0.25) is 4.79 Å². The van der Waals surface area contributed by atoms with Crippen LogP contribution in [-0.4, -0.2) is 36.5 Å². The molecule has 2 atom stereocenters. The van der Waals surface area contributed by atoms with Gasteiger partial charge in [-0.25, -0.2) is 0 Å². The molecule has 0 spiro atoms. The zero-order valence-electron chi connectivity index (χ0n) is 9.40. The van der Waals surface area contributed by atoms with Gasteiger partial charge in [-0.1, -0.05) is 0 Å². The maximum atomic E-state index is 12.2. The molecule has 1 N–H and O–H groups in total. The predicted octanol–water partition coefficient (Wildman–Crippen LogP) is 1.02. The van der Waals surface area contributed by atoms with Crippen LogP contribution in [0.1, 0.15) is 22.5 Å². The number of carbonyl (C=O) groups is 1. The lowest BCUT2D eigenvalue weighted by Gasteiger charge is -2.46. The number of piperidine rings is 1. The van der Waals surface area contributed by atoms with E-state index in [1.54, 1.807) is 12.3 Å². The smallest absolute Gasteiger partial charge is 0.257 e. The van der Waals surface area contributed by atoms with Gasteiger partial charge in [0.05, 0.1) is 11.8 Å². The third kappa shape index (κ3) is 1.45. The fourth-order valence-electron chi connectivity index (χ4n) is 2.61. The summed E-state index contributed by atoms with van der Waals surface area (Å²) in [6.07, 6.45) is 2.66. The Hall–Kier alpha value is -1.29. The average molecular weight is 220 g/mol. The third-order valence-corrected chi connectivity index (χ3v) is 3.75. The van der Waals surface area contributed by atoms with Gasteiger partial charge in [0, 0.05) is 31.6 Å². The summed E-state index contributed by atoms with van der Waals surface area (Å²) in [7, 11) is 0. The summed E-state index contributed by atoms with van der Waals surface area (Å²) in [5, 5.41) is 3.40. The van der Waals surface area contributed by atoms with E-state index >= 15 is 0 Å². The zero-order valence-corrected chi connectivity index (χ0v) is 9.40. The average Bonchev–Trinajstić information content (AvgIpc) is 2.65. The van der Waals surface area contributed by atoms with Gasteiger partial charge >= 0.3 is 0 Å². The number of nitrogens with zero attached hydrogens (tertiary/aromatic N) is 1. The third-order valence-electron chi connectivity index (χ3n) is 3.75. The summed E-state index contributed by atoms with van der Waals surface area (Å²) in [6, 6.07) is 2.41. The molecule has 2 aliphatic heterocycles. The van der Waals surface area contributed by atoms with Crippen molar-refractivity contribution < 1.29 is 9.21 Å². The van der Waals surface area contributed by atoms with E-state index < -0.39 is 0 Å². The summed E-state index contributed by atoms with van der Waals surface area (Å²) >= 11 is 0. The van der Waals surface area contributed by atoms with E-state index in [2.05, 4.69) is 5.32 Å². The Labute approximate surface area is 94.6 Å². The summed E-state index contributed by atoms with van der Waals surface area (Å²) < 4.78 is 5.18. The van der Waals surface area contributed by atoms with Crippen molar-refractivity contribution in [2.24, 2.45) is 5.92 Å². The Morgan fingerprint density at radius 1 is 1.62 bits per heavy atom. The molecule has 4 nitrogen and oxygen atoms in total. The second kappa shape index (κ2) is 3.63. The lowest BCUT2D eigenvalue weighted by molar-refractivity contribution is 0.0508. The van der Waals surface area contributed by atoms with E-state index in [9.17, 15) is 4.79 Å². The molecule has 1 aromatic heterocycles. The highest BCUT2D eigenvalue weighted by atomic mass is 16.3. The van der Waals surface area contributed by atoms with E-state index in [1.165, 1.54) is 0 Å². The number of furan rings is 1.